The Hall–Kier alpha value is -0.970. The van der Waals surface area contributed by atoms with E-state index in [0.717, 1.165) is 25.1 Å². The van der Waals surface area contributed by atoms with Crippen molar-refractivity contribution in [3.63, 3.8) is 0 Å². The van der Waals surface area contributed by atoms with Crippen molar-refractivity contribution in [2.45, 2.75) is 32.2 Å². The Labute approximate surface area is 157 Å². The summed E-state index contributed by atoms with van der Waals surface area (Å²) in [5, 5.41) is 6.64. The molecule has 2 aliphatic rings. The summed E-state index contributed by atoms with van der Waals surface area (Å²) in [5.74, 6) is 0.770. The van der Waals surface area contributed by atoms with Crippen molar-refractivity contribution in [2.75, 3.05) is 32.1 Å². The number of fused-ring (bicyclic) bond motifs is 1. The van der Waals surface area contributed by atoms with Gasteiger partial charge >= 0.3 is 0 Å². The average molecular weight is 374 g/mol. The standard InChI is InChI=1S/C18H27N3O.2ClH/c1-21(2)16-8-5-6-14(10-16)11-20-17(22)18-9-4-3-7-15(18)12-19-13-18;;/h5-6,8,10,15,19H,3-4,7,9,11-13H2,1-2H3,(H,20,22);2*1H/t15-,18+;;/m0../s1. The molecule has 1 aliphatic heterocycles. The number of carbonyl (C=O) groups excluding carboxylic acids is 1. The topological polar surface area (TPSA) is 44.4 Å². The van der Waals surface area contributed by atoms with Crippen molar-refractivity contribution in [2.24, 2.45) is 11.3 Å². The van der Waals surface area contributed by atoms with Crippen molar-refractivity contribution in [1.29, 1.82) is 0 Å². The zero-order chi connectivity index (χ0) is 15.6. The summed E-state index contributed by atoms with van der Waals surface area (Å²) >= 11 is 0. The normalized spacial score (nSPS) is 25.0. The first-order chi connectivity index (χ1) is 10.6. The van der Waals surface area contributed by atoms with Crippen molar-refractivity contribution < 1.29 is 4.79 Å². The highest BCUT2D eigenvalue weighted by molar-refractivity contribution is 5.85. The zero-order valence-electron chi connectivity index (χ0n) is 14.5. The molecule has 1 saturated carbocycles. The van der Waals surface area contributed by atoms with E-state index in [2.05, 4.69) is 39.8 Å². The minimum atomic E-state index is -0.155. The molecule has 0 spiro atoms. The highest BCUT2D eigenvalue weighted by Crippen LogP contribution is 2.43. The van der Waals surface area contributed by atoms with Crippen LogP contribution in [0.1, 0.15) is 31.2 Å². The Morgan fingerprint density at radius 1 is 1.33 bits per heavy atom. The number of benzene rings is 1. The van der Waals surface area contributed by atoms with Gasteiger partial charge in [0.1, 0.15) is 0 Å². The quantitative estimate of drug-likeness (QED) is 0.852. The molecule has 1 aliphatic carbocycles. The third-order valence-corrected chi connectivity index (χ3v) is 5.37. The summed E-state index contributed by atoms with van der Waals surface area (Å²) < 4.78 is 0. The molecule has 1 heterocycles. The molecular formula is C18H29Cl2N3O. The van der Waals surface area contributed by atoms with Crippen LogP contribution in [0.3, 0.4) is 0 Å². The Bertz CT molecular complexity index is 553. The Balaban J connectivity index is 0.00000144. The van der Waals surface area contributed by atoms with Gasteiger partial charge in [-0.3, -0.25) is 4.79 Å². The summed E-state index contributed by atoms with van der Waals surface area (Å²) in [5.41, 5.74) is 2.18. The first-order valence-corrected chi connectivity index (χ1v) is 8.37. The van der Waals surface area contributed by atoms with Gasteiger partial charge in [0.05, 0.1) is 5.41 Å². The predicted octanol–water partition coefficient (Wildman–Crippen LogP) is 2.99. The van der Waals surface area contributed by atoms with Gasteiger partial charge in [-0.1, -0.05) is 25.0 Å². The number of anilines is 1. The molecule has 24 heavy (non-hydrogen) atoms. The number of rotatable bonds is 4. The largest absolute Gasteiger partial charge is 0.378 e. The SMILES string of the molecule is CN(C)c1cccc(CNC(=O)[C@@]23CCCC[C@H]2CNC3)c1.Cl.Cl. The summed E-state index contributed by atoms with van der Waals surface area (Å²) in [7, 11) is 4.07. The van der Waals surface area contributed by atoms with Crippen LogP contribution in [-0.4, -0.2) is 33.1 Å². The Morgan fingerprint density at radius 2 is 2.12 bits per heavy atom. The third-order valence-electron chi connectivity index (χ3n) is 5.37. The molecule has 1 aromatic rings. The molecule has 0 aromatic heterocycles. The number of nitrogens with one attached hydrogen (secondary N) is 2. The van der Waals surface area contributed by atoms with Crippen LogP contribution in [0, 0.1) is 11.3 Å². The summed E-state index contributed by atoms with van der Waals surface area (Å²) in [6.45, 7) is 2.47. The lowest BCUT2D eigenvalue weighted by Gasteiger charge is -2.37. The van der Waals surface area contributed by atoms with E-state index in [9.17, 15) is 4.79 Å². The second kappa shape index (κ2) is 8.93. The van der Waals surface area contributed by atoms with Gasteiger partial charge in [-0.05, 0) is 43.0 Å². The second-order valence-corrected chi connectivity index (χ2v) is 6.98. The number of hydrogen-bond donors (Lipinski definition) is 2. The van der Waals surface area contributed by atoms with E-state index in [1.807, 2.05) is 14.1 Å². The summed E-state index contributed by atoms with van der Waals surface area (Å²) in [6.07, 6.45) is 4.68. The fraction of sp³-hybridized carbons (Fsp3) is 0.611. The minimum Gasteiger partial charge on any atom is -0.378 e. The molecule has 0 bridgehead atoms. The molecule has 0 unspecified atom stereocenters. The van der Waals surface area contributed by atoms with Crippen molar-refractivity contribution >= 4 is 36.4 Å². The molecule has 2 fully saturated rings. The van der Waals surface area contributed by atoms with Gasteiger partial charge in [-0.2, -0.15) is 0 Å². The predicted molar refractivity (Wildman–Crippen MR) is 104 cm³/mol. The number of hydrogen-bond acceptors (Lipinski definition) is 3. The van der Waals surface area contributed by atoms with Gasteiger partial charge in [0, 0.05) is 32.9 Å². The van der Waals surface area contributed by atoms with Crippen LogP contribution in [0.4, 0.5) is 5.69 Å². The first-order valence-electron chi connectivity index (χ1n) is 8.37. The smallest absolute Gasteiger partial charge is 0.228 e. The van der Waals surface area contributed by atoms with Crippen LogP contribution in [0.5, 0.6) is 0 Å². The van der Waals surface area contributed by atoms with E-state index in [1.54, 1.807) is 0 Å². The number of nitrogens with zero attached hydrogens (tertiary/aromatic N) is 1. The molecule has 1 aromatic carbocycles. The van der Waals surface area contributed by atoms with Crippen LogP contribution >= 0.6 is 24.8 Å². The number of carbonyl (C=O) groups is 1. The lowest BCUT2D eigenvalue weighted by Crippen LogP contribution is -2.47. The van der Waals surface area contributed by atoms with E-state index >= 15 is 0 Å². The molecular weight excluding hydrogens is 345 g/mol. The fourth-order valence-electron chi connectivity index (χ4n) is 3.99. The lowest BCUT2D eigenvalue weighted by atomic mass is 9.67. The molecule has 6 heteroatoms. The van der Waals surface area contributed by atoms with Crippen LogP contribution < -0.4 is 15.5 Å². The third kappa shape index (κ3) is 4.16. The Kier molecular flexibility index (Phi) is 7.84. The molecule has 3 rings (SSSR count). The average Bonchev–Trinajstić information content (AvgIpc) is 2.98. The highest BCUT2D eigenvalue weighted by atomic mass is 35.5. The van der Waals surface area contributed by atoms with Gasteiger partial charge in [0.25, 0.3) is 0 Å². The van der Waals surface area contributed by atoms with E-state index in [-0.39, 0.29) is 36.1 Å². The molecule has 2 N–H and O–H groups in total. The molecule has 1 saturated heterocycles. The molecule has 2 atom stereocenters. The lowest BCUT2D eigenvalue weighted by molar-refractivity contribution is -0.134. The monoisotopic (exact) mass is 373 g/mol. The van der Waals surface area contributed by atoms with Crippen LogP contribution in [0.2, 0.25) is 0 Å². The van der Waals surface area contributed by atoms with E-state index in [1.165, 1.54) is 24.9 Å². The molecule has 4 nitrogen and oxygen atoms in total. The van der Waals surface area contributed by atoms with Crippen LogP contribution in [0.15, 0.2) is 24.3 Å². The number of halogens is 2. The van der Waals surface area contributed by atoms with Gasteiger partial charge < -0.3 is 15.5 Å². The van der Waals surface area contributed by atoms with Crippen molar-refractivity contribution in [3.8, 4) is 0 Å². The molecule has 1 amide bonds. The van der Waals surface area contributed by atoms with E-state index < -0.39 is 0 Å². The Morgan fingerprint density at radius 3 is 2.88 bits per heavy atom. The zero-order valence-corrected chi connectivity index (χ0v) is 16.1. The maximum atomic E-state index is 12.8. The van der Waals surface area contributed by atoms with Crippen molar-refractivity contribution in [1.82, 2.24) is 10.6 Å². The maximum Gasteiger partial charge on any atom is 0.228 e. The highest BCUT2D eigenvalue weighted by Gasteiger charge is 2.49. The second-order valence-electron chi connectivity index (χ2n) is 6.98. The maximum absolute atomic E-state index is 12.8. The number of amides is 1. The summed E-state index contributed by atoms with van der Waals surface area (Å²) in [4.78, 5) is 14.9. The van der Waals surface area contributed by atoms with E-state index in [4.69, 9.17) is 0 Å². The van der Waals surface area contributed by atoms with Gasteiger partial charge in [-0.25, -0.2) is 0 Å². The van der Waals surface area contributed by atoms with Gasteiger partial charge in [0.2, 0.25) is 5.91 Å². The minimum absolute atomic E-state index is 0. The van der Waals surface area contributed by atoms with Gasteiger partial charge in [0.15, 0.2) is 0 Å². The van der Waals surface area contributed by atoms with Crippen LogP contribution in [0.25, 0.3) is 0 Å². The fourth-order valence-corrected chi connectivity index (χ4v) is 3.99. The molecule has 136 valence electrons. The van der Waals surface area contributed by atoms with Gasteiger partial charge in [-0.15, -0.1) is 24.8 Å². The molecule has 0 radical (unpaired) electrons. The first kappa shape index (κ1) is 21.1. The summed E-state index contributed by atoms with van der Waals surface area (Å²) in [6, 6.07) is 8.36. The van der Waals surface area contributed by atoms with Crippen molar-refractivity contribution in [3.05, 3.63) is 29.8 Å². The van der Waals surface area contributed by atoms with Crippen LogP contribution in [-0.2, 0) is 11.3 Å². The van der Waals surface area contributed by atoms with E-state index in [0.29, 0.717) is 12.5 Å².